The van der Waals surface area contributed by atoms with Crippen LogP contribution in [-0.4, -0.2) is 35.3 Å². The van der Waals surface area contributed by atoms with E-state index < -0.39 is 6.04 Å². The van der Waals surface area contributed by atoms with E-state index in [4.69, 9.17) is 4.52 Å². The van der Waals surface area contributed by atoms with Crippen LogP contribution in [0.1, 0.15) is 23.2 Å². The molecule has 2 amide bonds. The third-order valence-electron chi connectivity index (χ3n) is 3.54. The third kappa shape index (κ3) is 3.39. The predicted octanol–water partition coefficient (Wildman–Crippen LogP) is 2.07. The number of carbonyl (C=O) groups excluding carboxylic acids is 2. The molecule has 1 aliphatic rings. The Morgan fingerprint density at radius 1 is 1.43 bits per heavy atom. The van der Waals surface area contributed by atoms with Gasteiger partial charge >= 0.3 is 0 Å². The number of anilines is 1. The minimum absolute atomic E-state index is 0.116. The number of nitrogens with one attached hydrogen (secondary N) is 1. The monoisotopic (exact) mass is 331 g/mol. The second-order valence-electron chi connectivity index (χ2n) is 5.13. The predicted molar refractivity (Wildman–Crippen MR) is 88.4 cm³/mol. The number of benzene rings is 1. The zero-order chi connectivity index (χ0) is 16.2. The van der Waals surface area contributed by atoms with Gasteiger partial charge in [0.15, 0.2) is 5.69 Å². The first-order valence-corrected chi connectivity index (χ1v) is 8.55. The number of para-hydroxylation sites is 1. The van der Waals surface area contributed by atoms with Crippen LogP contribution in [0.4, 0.5) is 5.69 Å². The molecule has 1 aromatic carbocycles. The number of hydrogen-bond donors (Lipinski definition) is 1. The molecule has 6 nitrogen and oxygen atoms in total. The van der Waals surface area contributed by atoms with Crippen LogP contribution in [0.15, 0.2) is 40.9 Å². The molecular formula is C16H17N3O3S. The Morgan fingerprint density at radius 3 is 2.91 bits per heavy atom. The summed E-state index contributed by atoms with van der Waals surface area (Å²) in [5.41, 5.74) is 1.05. The Morgan fingerprint density at radius 2 is 2.22 bits per heavy atom. The van der Waals surface area contributed by atoms with Gasteiger partial charge in [0.05, 0.1) is 12.3 Å². The molecule has 0 spiro atoms. The summed E-state index contributed by atoms with van der Waals surface area (Å²) < 4.78 is 5.11. The molecule has 1 saturated heterocycles. The van der Waals surface area contributed by atoms with Crippen LogP contribution < -0.4 is 10.2 Å². The lowest BCUT2D eigenvalue weighted by Crippen LogP contribution is -2.64. The van der Waals surface area contributed by atoms with Crippen molar-refractivity contribution in [2.45, 2.75) is 18.7 Å². The highest BCUT2D eigenvalue weighted by atomic mass is 32.2. The highest BCUT2D eigenvalue weighted by Crippen LogP contribution is 2.22. The van der Waals surface area contributed by atoms with Crippen molar-refractivity contribution in [1.29, 1.82) is 0 Å². The van der Waals surface area contributed by atoms with Crippen LogP contribution in [-0.2, 0) is 10.5 Å². The Labute approximate surface area is 138 Å². The second kappa shape index (κ2) is 6.87. The number of thioether (sulfide) groups is 1. The summed E-state index contributed by atoms with van der Waals surface area (Å²) in [7, 11) is 0. The molecule has 23 heavy (non-hydrogen) atoms. The summed E-state index contributed by atoms with van der Waals surface area (Å²) in [5, 5.41) is 6.45. The topological polar surface area (TPSA) is 75.4 Å². The van der Waals surface area contributed by atoms with Gasteiger partial charge in [-0.1, -0.05) is 30.3 Å². The van der Waals surface area contributed by atoms with E-state index in [0.29, 0.717) is 18.1 Å². The fraction of sp³-hybridized carbons (Fsp3) is 0.312. The fourth-order valence-electron chi connectivity index (χ4n) is 2.30. The van der Waals surface area contributed by atoms with Gasteiger partial charge in [-0.3, -0.25) is 9.59 Å². The summed E-state index contributed by atoms with van der Waals surface area (Å²) >= 11 is 1.69. The van der Waals surface area contributed by atoms with Crippen LogP contribution in [0.5, 0.6) is 0 Å². The van der Waals surface area contributed by atoms with Crippen molar-refractivity contribution in [1.82, 2.24) is 10.5 Å². The number of carbonyl (C=O) groups is 2. The molecule has 1 aromatic heterocycles. The number of β-lactam (4-membered cyclic amide) rings is 1. The lowest BCUT2D eigenvalue weighted by atomic mass is 10.1. The van der Waals surface area contributed by atoms with E-state index in [1.54, 1.807) is 22.7 Å². The Hall–Kier alpha value is -2.28. The first kappa shape index (κ1) is 15.6. The van der Waals surface area contributed by atoms with Gasteiger partial charge in [-0.15, -0.1) is 0 Å². The minimum Gasteiger partial charge on any atom is -0.360 e. The average Bonchev–Trinajstić information content (AvgIpc) is 3.05. The van der Waals surface area contributed by atoms with E-state index in [9.17, 15) is 9.59 Å². The van der Waals surface area contributed by atoms with Crippen LogP contribution in [0.3, 0.4) is 0 Å². The zero-order valence-electron chi connectivity index (χ0n) is 12.7. The van der Waals surface area contributed by atoms with E-state index in [2.05, 4.69) is 17.4 Å². The molecule has 0 bridgehead atoms. The van der Waals surface area contributed by atoms with Gasteiger partial charge in [0.1, 0.15) is 11.8 Å². The lowest BCUT2D eigenvalue weighted by molar-refractivity contribution is -0.124. The SMILES string of the molecule is CCSCc1cc(C(=O)NC2CN(c3ccccc3)C2=O)no1. The molecule has 1 N–H and O–H groups in total. The molecule has 120 valence electrons. The molecule has 7 heteroatoms. The molecule has 1 fully saturated rings. The number of aromatic nitrogens is 1. The minimum atomic E-state index is -0.507. The fourth-order valence-corrected chi connectivity index (χ4v) is 2.84. The molecular weight excluding hydrogens is 314 g/mol. The van der Waals surface area contributed by atoms with Gasteiger partial charge < -0.3 is 14.7 Å². The maximum absolute atomic E-state index is 12.1. The first-order chi connectivity index (χ1) is 11.2. The normalized spacial score (nSPS) is 17.0. The number of rotatable bonds is 6. The zero-order valence-corrected chi connectivity index (χ0v) is 13.5. The van der Waals surface area contributed by atoms with Gasteiger partial charge in [0.25, 0.3) is 11.8 Å². The van der Waals surface area contributed by atoms with E-state index in [1.165, 1.54) is 0 Å². The van der Waals surface area contributed by atoms with Crippen molar-refractivity contribution >= 4 is 29.3 Å². The van der Waals surface area contributed by atoms with Gasteiger partial charge in [-0.05, 0) is 17.9 Å². The van der Waals surface area contributed by atoms with Crippen LogP contribution in [0.2, 0.25) is 0 Å². The molecule has 2 heterocycles. The van der Waals surface area contributed by atoms with Crippen molar-refractivity contribution in [2.75, 3.05) is 17.2 Å². The lowest BCUT2D eigenvalue weighted by Gasteiger charge is -2.38. The van der Waals surface area contributed by atoms with Crippen LogP contribution in [0, 0.1) is 0 Å². The Balaban J connectivity index is 1.55. The molecule has 1 unspecified atom stereocenters. The summed E-state index contributed by atoms with van der Waals surface area (Å²) in [5.74, 6) is 1.81. The van der Waals surface area contributed by atoms with Crippen LogP contribution >= 0.6 is 11.8 Å². The number of amides is 2. The van der Waals surface area contributed by atoms with Gasteiger partial charge in [-0.2, -0.15) is 11.8 Å². The molecule has 0 saturated carbocycles. The van der Waals surface area contributed by atoms with Gasteiger partial charge in [0.2, 0.25) is 0 Å². The van der Waals surface area contributed by atoms with Crippen molar-refractivity contribution in [3.05, 3.63) is 47.9 Å². The number of nitrogens with zero attached hydrogens (tertiary/aromatic N) is 2. The van der Waals surface area contributed by atoms with E-state index in [1.807, 2.05) is 30.3 Å². The van der Waals surface area contributed by atoms with Crippen molar-refractivity contribution < 1.29 is 14.1 Å². The van der Waals surface area contributed by atoms with Gasteiger partial charge in [0, 0.05) is 11.8 Å². The highest BCUT2D eigenvalue weighted by Gasteiger charge is 2.39. The molecule has 0 radical (unpaired) electrons. The standard InChI is InChI=1S/C16H17N3O3S/c1-2-23-10-12-8-13(18-22-12)15(20)17-14-9-19(16(14)21)11-6-4-3-5-7-11/h3-8,14H,2,9-10H2,1H3,(H,17,20). The van der Waals surface area contributed by atoms with Crippen molar-refractivity contribution in [2.24, 2.45) is 0 Å². The summed E-state index contributed by atoms with van der Waals surface area (Å²) in [6.45, 7) is 2.51. The van der Waals surface area contributed by atoms with Crippen LogP contribution in [0.25, 0.3) is 0 Å². The van der Waals surface area contributed by atoms with Crippen molar-refractivity contribution in [3.63, 3.8) is 0 Å². The maximum Gasteiger partial charge on any atom is 0.274 e. The molecule has 3 rings (SSSR count). The average molecular weight is 331 g/mol. The smallest absolute Gasteiger partial charge is 0.274 e. The Kier molecular flexibility index (Phi) is 4.66. The summed E-state index contributed by atoms with van der Waals surface area (Å²) in [4.78, 5) is 25.9. The summed E-state index contributed by atoms with van der Waals surface area (Å²) in [6.07, 6.45) is 0. The Bertz CT molecular complexity index is 702. The van der Waals surface area contributed by atoms with E-state index in [-0.39, 0.29) is 17.5 Å². The largest absolute Gasteiger partial charge is 0.360 e. The third-order valence-corrected chi connectivity index (χ3v) is 4.44. The molecule has 1 aliphatic heterocycles. The maximum atomic E-state index is 12.1. The van der Waals surface area contributed by atoms with Gasteiger partial charge in [-0.25, -0.2) is 0 Å². The molecule has 0 aliphatic carbocycles. The van der Waals surface area contributed by atoms with E-state index in [0.717, 1.165) is 11.4 Å². The molecule has 2 aromatic rings. The quantitative estimate of drug-likeness (QED) is 0.820. The number of hydrogen-bond acceptors (Lipinski definition) is 5. The van der Waals surface area contributed by atoms with E-state index >= 15 is 0 Å². The highest BCUT2D eigenvalue weighted by molar-refractivity contribution is 7.98. The summed E-state index contributed by atoms with van der Waals surface area (Å²) in [6, 6.07) is 10.5. The van der Waals surface area contributed by atoms with Crippen molar-refractivity contribution in [3.8, 4) is 0 Å². The molecule has 1 atom stereocenters. The first-order valence-electron chi connectivity index (χ1n) is 7.39. The second-order valence-corrected chi connectivity index (χ2v) is 6.40.